The van der Waals surface area contributed by atoms with Crippen molar-refractivity contribution < 1.29 is 4.58 Å². The van der Waals surface area contributed by atoms with Gasteiger partial charge in [0.2, 0.25) is 5.69 Å². The molecule has 0 aliphatic carbocycles. The number of hydrogen-bond acceptors (Lipinski definition) is 0. The normalized spacial score (nSPS) is 17.8. The molecule has 1 heterocycles. The molecule has 0 saturated heterocycles. The lowest BCUT2D eigenvalue weighted by molar-refractivity contribution is -0.401. The van der Waals surface area contributed by atoms with Crippen molar-refractivity contribution in [2.45, 2.75) is 18.8 Å². The summed E-state index contributed by atoms with van der Waals surface area (Å²) in [7, 11) is 2.19. The molecule has 1 aliphatic heterocycles. The van der Waals surface area contributed by atoms with Crippen molar-refractivity contribution in [3.05, 3.63) is 121 Å². The van der Waals surface area contributed by atoms with Crippen LogP contribution >= 0.6 is 0 Å². The first-order chi connectivity index (χ1) is 16.6. The lowest BCUT2D eigenvalue weighted by Gasteiger charge is -2.22. The monoisotopic (exact) mass is 438 g/mol. The number of rotatable bonds is 4. The number of hydrogen-bond donors (Lipinski definition) is 0. The van der Waals surface area contributed by atoms with Gasteiger partial charge in [-0.1, -0.05) is 66.7 Å². The Labute approximate surface area is 201 Å². The zero-order valence-electron chi connectivity index (χ0n) is 19.8. The second-order valence-corrected chi connectivity index (χ2v) is 9.59. The van der Waals surface area contributed by atoms with Crippen LogP contribution in [0, 0.1) is 0 Å². The largest absolute Gasteiger partial charge is 0.210 e. The van der Waals surface area contributed by atoms with Crippen LogP contribution in [0.1, 0.15) is 24.5 Å². The third-order valence-corrected chi connectivity index (χ3v) is 7.46. The van der Waals surface area contributed by atoms with Crippen molar-refractivity contribution in [2.75, 3.05) is 7.05 Å². The van der Waals surface area contributed by atoms with Crippen molar-refractivity contribution in [1.29, 1.82) is 0 Å². The predicted molar refractivity (Wildman–Crippen MR) is 147 cm³/mol. The summed E-state index contributed by atoms with van der Waals surface area (Å²) in [6, 6.07) is 33.1. The first kappa shape index (κ1) is 20.6. The maximum absolute atomic E-state index is 4.10. The zero-order valence-corrected chi connectivity index (χ0v) is 19.8. The van der Waals surface area contributed by atoms with Gasteiger partial charge in [-0.25, -0.2) is 0 Å². The van der Waals surface area contributed by atoms with E-state index in [2.05, 4.69) is 134 Å². The van der Waals surface area contributed by atoms with Crippen LogP contribution in [0.3, 0.4) is 0 Å². The van der Waals surface area contributed by atoms with E-state index in [4.69, 9.17) is 0 Å². The first-order valence-corrected chi connectivity index (χ1v) is 11.9. The highest BCUT2D eigenvalue weighted by Crippen LogP contribution is 2.46. The average Bonchev–Trinajstić information content (AvgIpc) is 3.07. The molecule has 1 nitrogen and oxygen atoms in total. The Morgan fingerprint density at radius 1 is 0.735 bits per heavy atom. The van der Waals surface area contributed by atoms with E-state index in [-0.39, 0.29) is 5.41 Å². The minimum atomic E-state index is -0.129. The molecule has 0 fully saturated rings. The molecule has 0 saturated carbocycles. The Bertz CT molecular complexity index is 1670. The van der Waals surface area contributed by atoms with E-state index in [1.165, 1.54) is 54.8 Å². The highest BCUT2D eigenvalue weighted by atomic mass is 15.0. The van der Waals surface area contributed by atoms with E-state index >= 15 is 0 Å². The lowest BCUT2D eigenvalue weighted by Crippen LogP contribution is -2.30. The first-order valence-electron chi connectivity index (χ1n) is 11.9. The number of nitrogens with zero attached hydrogens (tertiary/aromatic N) is 1. The topological polar surface area (TPSA) is 3.01 Å². The molecule has 0 amide bonds. The molecule has 1 atom stereocenters. The van der Waals surface area contributed by atoms with Gasteiger partial charge < -0.3 is 0 Å². The van der Waals surface area contributed by atoms with E-state index in [0.29, 0.717) is 0 Å². The summed E-state index contributed by atoms with van der Waals surface area (Å²) >= 11 is 0. The van der Waals surface area contributed by atoms with Gasteiger partial charge in [-0.3, -0.25) is 0 Å². The van der Waals surface area contributed by atoms with Crippen LogP contribution in [0.15, 0.2) is 110 Å². The molecule has 1 aliphatic rings. The minimum Gasteiger partial charge on any atom is -0.198 e. The van der Waals surface area contributed by atoms with Gasteiger partial charge in [0, 0.05) is 17.7 Å². The molecule has 0 spiro atoms. The summed E-state index contributed by atoms with van der Waals surface area (Å²) in [5, 5.41) is 7.73. The zero-order chi connectivity index (χ0) is 23.3. The molecule has 6 rings (SSSR count). The van der Waals surface area contributed by atoms with Crippen LogP contribution in [0.2, 0.25) is 0 Å². The summed E-state index contributed by atoms with van der Waals surface area (Å²) in [5.41, 5.74) is 5.07. The fourth-order valence-corrected chi connectivity index (χ4v) is 5.78. The van der Waals surface area contributed by atoms with Crippen molar-refractivity contribution in [1.82, 2.24) is 0 Å². The van der Waals surface area contributed by atoms with Crippen LogP contribution in [0.5, 0.6) is 0 Å². The molecular formula is C33H28N+. The second-order valence-electron chi connectivity index (χ2n) is 9.59. The smallest absolute Gasteiger partial charge is 0.198 e. The predicted octanol–water partition coefficient (Wildman–Crippen LogP) is 8.42. The molecule has 34 heavy (non-hydrogen) atoms. The third kappa shape index (κ3) is 3.12. The molecule has 5 aromatic rings. The van der Waals surface area contributed by atoms with Crippen molar-refractivity contribution in [3.63, 3.8) is 0 Å². The van der Waals surface area contributed by atoms with E-state index in [9.17, 15) is 0 Å². The Morgan fingerprint density at radius 3 is 2.15 bits per heavy atom. The quantitative estimate of drug-likeness (QED) is 0.150. The van der Waals surface area contributed by atoms with Crippen molar-refractivity contribution >= 4 is 49.8 Å². The standard InChI is InChI=1S/C33H28N/c1-4-19-33(2)31(34(3)30-17-16-24-9-7-8-12-29(24)32(30)33)18-14-23-13-15-27-21-25-10-5-6-11-26(25)22-28(27)20-23/h4-18,20-22H,1,19H2,2-3H3/q+1/b18-14+. The average molecular weight is 439 g/mol. The maximum atomic E-state index is 4.10. The van der Waals surface area contributed by atoms with Gasteiger partial charge in [-0.15, -0.1) is 6.58 Å². The van der Waals surface area contributed by atoms with Crippen LogP contribution in [0.25, 0.3) is 38.4 Å². The fourth-order valence-electron chi connectivity index (χ4n) is 5.78. The summed E-state index contributed by atoms with van der Waals surface area (Å²) in [6.07, 6.45) is 7.51. The molecule has 5 aromatic carbocycles. The summed E-state index contributed by atoms with van der Waals surface area (Å²) in [5.74, 6) is 0. The highest BCUT2D eigenvalue weighted by molar-refractivity contribution is 6.10. The van der Waals surface area contributed by atoms with Crippen LogP contribution in [-0.2, 0) is 5.41 Å². The molecule has 0 bridgehead atoms. The van der Waals surface area contributed by atoms with Crippen molar-refractivity contribution in [3.8, 4) is 0 Å². The Hall–Kier alpha value is -3.97. The maximum Gasteiger partial charge on any atom is 0.210 e. The van der Waals surface area contributed by atoms with E-state index < -0.39 is 0 Å². The van der Waals surface area contributed by atoms with Gasteiger partial charge in [0.15, 0.2) is 5.71 Å². The van der Waals surface area contributed by atoms with Gasteiger partial charge in [-0.2, -0.15) is 4.58 Å². The van der Waals surface area contributed by atoms with Gasteiger partial charge in [-0.05, 0) is 81.6 Å². The minimum absolute atomic E-state index is 0.129. The van der Waals surface area contributed by atoms with Gasteiger partial charge in [0.25, 0.3) is 0 Å². The van der Waals surface area contributed by atoms with Crippen molar-refractivity contribution in [2.24, 2.45) is 0 Å². The van der Waals surface area contributed by atoms with E-state index in [1.807, 2.05) is 0 Å². The van der Waals surface area contributed by atoms with Gasteiger partial charge >= 0.3 is 0 Å². The van der Waals surface area contributed by atoms with E-state index in [0.717, 1.165) is 6.42 Å². The summed E-state index contributed by atoms with van der Waals surface area (Å²) in [4.78, 5) is 0. The number of fused-ring (bicyclic) bond motifs is 5. The lowest BCUT2D eigenvalue weighted by atomic mass is 9.74. The molecule has 0 aromatic heterocycles. The molecular weight excluding hydrogens is 410 g/mol. The molecule has 0 radical (unpaired) electrons. The van der Waals surface area contributed by atoms with Crippen LogP contribution in [0.4, 0.5) is 5.69 Å². The Morgan fingerprint density at radius 2 is 1.38 bits per heavy atom. The molecule has 1 heteroatoms. The summed E-state index contributed by atoms with van der Waals surface area (Å²) in [6.45, 7) is 6.46. The molecule has 1 unspecified atom stereocenters. The summed E-state index contributed by atoms with van der Waals surface area (Å²) < 4.78 is 2.36. The van der Waals surface area contributed by atoms with E-state index in [1.54, 1.807) is 0 Å². The fraction of sp³-hybridized carbons (Fsp3) is 0.121. The molecule has 164 valence electrons. The number of benzene rings is 5. The molecule has 0 N–H and O–H groups in total. The SMILES string of the molecule is C=CCC1(C)C(/C=C/c2ccc3cc4ccccc4cc3c2)=[N+](C)c2ccc3ccccc3c21. The second kappa shape index (κ2) is 7.81. The van der Waals surface area contributed by atoms with Crippen LogP contribution < -0.4 is 0 Å². The van der Waals surface area contributed by atoms with Gasteiger partial charge in [0.1, 0.15) is 7.05 Å². The number of allylic oxidation sites excluding steroid dienone is 2. The highest BCUT2D eigenvalue weighted by Gasteiger charge is 2.46. The Kier molecular flexibility index (Phi) is 4.74. The third-order valence-electron chi connectivity index (χ3n) is 7.46. The Balaban J connectivity index is 1.46. The van der Waals surface area contributed by atoms with Crippen LogP contribution in [-0.4, -0.2) is 17.3 Å². The van der Waals surface area contributed by atoms with Gasteiger partial charge in [0.05, 0.1) is 5.41 Å².